The molecule has 94 valence electrons. The Morgan fingerprint density at radius 2 is 1.88 bits per heavy atom. The molecule has 0 bridgehead atoms. The molecular formula is C11H22N2O3. The van der Waals surface area contributed by atoms with Gasteiger partial charge in [-0.3, -0.25) is 9.59 Å². The number of carboxylic acids is 1. The Kier molecular flexibility index (Phi) is 7.54. The van der Waals surface area contributed by atoms with Crippen molar-refractivity contribution >= 4 is 11.9 Å². The fourth-order valence-electron chi connectivity index (χ4n) is 1.19. The number of hydrogen-bond donors (Lipinski definition) is 3. The van der Waals surface area contributed by atoms with E-state index in [1.54, 1.807) is 13.8 Å². The summed E-state index contributed by atoms with van der Waals surface area (Å²) in [5.41, 5.74) is 5.60. The van der Waals surface area contributed by atoms with Gasteiger partial charge < -0.3 is 16.2 Å². The summed E-state index contributed by atoms with van der Waals surface area (Å²) in [7, 11) is 0. The number of unbranched alkanes of at least 4 members (excludes halogenated alkanes) is 2. The van der Waals surface area contributed by atoms with Crippen LogP contribution in [0.25, 0.3) is 0 Å². The van der Waals surface area contributed by atoms with Crippen LogP contribution in [0.1, 0.15) is 39.5 Å². The molecule has 16 heavy (non-hydrogen) atoms. The van der Waals surface area contributed by atoms with Crippen molar-refractivity contribution in [3.05, 3.63) is 0 Å². The molecule has 0 saturated carbocycles. The zero-order valence-corrected chi connectivity index (χ0v) is 10.0. The van der Waals surface area contributed by atoms with Crippen molar-refractivity contribution in [2.45, 2.75) is 45.6 Å². The third-order valence-corrected chi connectivity index (χ3v) is 2.57. The molecule has 0 aromatic rings. The molecule has 4 N–H and O–H groups in total. The summed E-state index contributed by atoms with van der Waals surface area (Å²) >= 11 is 0. The Morgan fingerprint density at radius 3 is 2.38 bits per heavy atom. The van der Waals surface area contributed by atoms with Crippen molar-refractivity contribution < 1.29 is 14.7 Å². The highest BCUT2D eigenvalue weighted by Crippen LogP contribution is 2.01. The van der Waals surface area contributed by atoms with E-state index < -0.39 is 5.97 Å². The van der Waals surface area contributed by atoms with Crippen molar-refractivity contribution in [3.63, 3.8) is 0 Å². The summed E-state index contributed by atoms with van der Waals surface area (Å²) in [4.78, 5) is 21.7. The van der Waals surface area contributed by atoms with Crippen LogP contribution in [-0.2, 0) is 9.59 Å². The van der Waals surface area contributed by atoms with Crippen LogP contribution in [0.3, 0.4) is 0 Å². The number of amides is 1. The van der Waals surface area contributed by atoms with E-state index in [1.807, 2.05) is 0 Å². The topological polar surface area (TPSA) is 92.4 Å². The zero-order chi connectivity index (χ0) is 12.6. The molecule has 0 rings (SSSR count). The van der Waals surface area contributed by atoms with E-state index in [-0.39, 0.29) is 24.3 Å². The minimum absolute atomic E-state index is 0.0340. The minimum Gasteiger partial charge on any atom is -0.481 e. The molecule has 5 heteroatoms. The highest BCUT2D eigenvalue weighted by molar-refractivity contribution is 5.78. The predicted molar refractivity (Wildman–Crippen MR) is 61.9 cm³/mol. The second kappa shape index (κ2) is 8.10. The third kappa shape index (κ3) is 7.23. The van der Waals surface area contributed by atoms with Crippen LogP contribution in [0.2, 0.25) is 0 Å². The van der Waals surface area contributed by atoms with Gasteiger partial charge in [-0.1, -0.05) is 13.3 Å². The van der Waals surface area contributed by atoms with Gasteiger partial charge in [0.1, 0.15) is 0 Å². The van der Waals surface area contributed by atoms with E-state index in [0.29, 0.717) is 13.0 Å². The average Bonchev–Trinajstić information content (AvgIpc) is 2.21. The molecule has 0 spiro atoms. The first-order valence-electron chi connectivity index (χ1n) is 5.70. The Hall–Kier alpha value is -1.10. The monoisotopic (exact) mass is 230 g/mol. The fourth-order valence-corrected chi connectivity index (χ4v) is 1.19. The maximum atomic E-state index is 11.4. The molecule has 0 fully saturated rings. The molecule has 1 amide bonds. The second-order valence-electron chi connectivity index (χ2n) is 4.14. The van der Waals surface area contributed by atoms with Crippen molar-refractivity contribution in [2.24, 2.45) is 11.7 Å². The molecule has 0 aliphatic rings. The lowest BCUT2D eigenvalue weighted by molar-refractivity contribution is -0.137. The van der Waals surface area contributed by atoms with Gasteiger partial charge >= 0.3 is 5.97 Å². The summed E-state index contributed by atoms with van der Waals surface area (Å²) in [5, 5.41) is 11.2. The van der Waals surface area contributed by atoms with Gasteiger partial charge in [-0.05, 0) is 19.8 Å². The molecule has 2 atom stereocenters. The zero-order valence-electron chi connectivity index (χ0n) is 10.0. The Morgan fingerprint density at radius 1 is 1.25 bits per heavy atom. The molecule has 0 radical (unpaired) electrons. The van der Waals surface area contributed by atoms with Crippen molar-refractivity contribution in [1.82, 2.24) is 5.32 Å². The predicted octanol–water partition coefficient (Wildman–Crippen LogP) is 0.731. The number of nitrogens with one attached hydrogen (secondary N) is 1. The largest absolute Gasteiger partial charge is 0.481 e. The average molecular weight is 230 g/mol. The van der Waals surface area contributed by atoms with Crippen LogP contribution in [0.4, 0.5) is 0 Å². The van der Waals surface area contributed by atoms with Gasteiger partial charge in [-0.25, -0.2) is 0 Å². The lowest BCUT2D eigenvalue weighted by atomic mass is 10.0. The van der Waals surface area contributed by atoms with Crippen LogP contribution in [0, 0.1) is 5.92 Å². The molecular weight excluding hydrogens is 208 g/mol. The number of carboxylic acid groups (broad SMARTS) is 1. The Labute approximate surface area is 96.4 Å². The smallest absolute Gasteiger partial charge is 0.303 e. The van der Waals surface area contributed by atoms with Crippen LogP contribution in [0.15, 0.2) is 0 Å². The van der Waals surface area contributed by atoms with E-state index in [1.165, 1.54) is 0 Å². The minimum atomic E-state index is -0.769. The lowest BCUT2D eigenvalue weighted by Crippen LogP contribution is -2.38. The molecule has 0 aliphatic carbocycles. The summed E-state index contributed by atoms with van der Waals surface area (Å²) < 4.78 is 0. The summed E-state index contributed by atoms with van der Waals surface area (Å²) in [6.07, 6.45) is 2.49. The molecule has 0 aromatic carbocycles. The van der Waals surface area contributed by atoms with Crippen LogP contribution in [-0.4, -0.2) is 29.6 Å². The molecule has 0 aliphatic heterocycles. The Balaban J connectivity index is 3.45. The van der Waals surface area contributed by atoms with Gasteiger partial charge in [0.15, 0.2) is 0 Å². The fraction of sp³-hybridized carbons (Fsp3) is 0.818. The molecule has 0 saturated heterocycles. The number of hydrogen-bond acceptors (Lipinski definition) is 3. The number of aliphatic carboxylic acids is 1. The third-order valence-electron chi connectivity index (χ3n) is 2.57. The molecule has 0 aromatic heterocycles. The quantitative estimate of drug-likeness (QED) is 0.536. The second-order valence-corrected chi connectivity index (χ2v) is 4.14. The SMILES string of the molecule is CC(N)C(C)C(=O)NCCCCCC(=O)O. The normalized spacial score (nSPS) is 14.2. The van der Waals surface area contributed by atoms with Gasteiger partial charge in [0.25, 0.3) is 0 Å². The van der Waals surface area contributed by atoms with Gasteiger partial charge in [-0.2, -0.15) is 0 Å². The highest BCUT2D eigenvalue weighted by atomic mass is 16.4. The van der Waals surface area contributed by atoms with Crippen molar-refractivity contribution in [3.8, 4) is 0 Å². The maximum absolute atomic E-state index is 11.4. The van der Waals surface area contributed by atoms with Gasteiger partial charge in [-0.15, -0.1) is 0 Å². The van der Waals surface area contributed by atoms with Crippen LogP contribution < -0.4 is 11.1 Å². The van der Waals surface area contributed by atoms with Gasteiger partial charge in [0.05, 0.1) is 0 Å². The Bertz CT molecular complexity index is 229. The lowest BCUT2D eigenvalue weighted by Gasteiger charge is -2.15. The summed E-state index contributed by atoms with van der Waals surface area (Å²) in [6.45, 7) is 4.19. The highest BCUT2D eigenvalue weighted by Gasteiger charge is 2.15. The first-order chi connectivity index (χ1) is 7.45. The summed E-state index contributed by atoms with van der Waals surface area (Å²) in [5.74, 6) is -0.984. The van der Waals surface area contributed by atoms with Gasteiger partial charge in [0, 0.05) is 24.9 Å². The number of nitrogens with two attached hydrogens (primary N) is 1. The molecule has 2 unspecified atom stereocenters. The van der Waals surface area contributed by atoms with E-state index >= 15 is 0 Å². The maximum Gasteiger partial charge on any atom is 0.303 e. The van der Waals surface area contributed by atoms with Crippen molar-refractivity contribution in [2.75, 3.05) is 6.54 Å². The van der Waals surface area contributed by atoms with Gasteiger partial charge in [0.2, 0.25) is 5.91 Å². The number of carbonyl (C=O) groups excluding carboxylic acids is 1. The first-order valence-corrected chi connectivity index (χ1v) is 5.70. The van der Waals surface area contributed by atoms with E-state index in [0.717, 1.165) is 12.8 Å². The van der Waals surface area contributed by atoms with E-state index in [4.69, 9.17) is 10.8 Å². The van der Waals surface area contributed by atoms with Crippen LogP contribution >= 0.6 is 0 Å². The standard InChI is InChI=1S/C11H22N2O3/c1-8(9(2)12)11(16)13-7-5-3-4-6-10(14)15/h8-9H,3-7,12H2,1-2H3,(H,13,16)(H,14,15). The van der Waals surface area contributed by atoms with Crippen molar-refractivity contribution in [1.29, 1.82) is 0 Å². The molecule has 5 nitrogen and oxygen atoms in total. The molecule has 0 heterocycles. The first kappa shape index (κ1) is 14.9. The number of rotatable bonds is 8. The van der Waals surface area contributed by atoms with Crippen LogP contribution in [0.5, 0.6) is 0 Å². The van der Waals surface area contributed by atoms with E-state index in [9.17, 15) is 9.59 Å². The number of carbonyl (C=O) groups is 2. The van der Waals surface area contributed by atoms with E-state index in [2.05, 4.69) is 5.32 Å². The summed E-state index contributed by atoms with van der Waals surface area (Å²) in [6, 6.07) is -0.146.